The number of carbonyl (C=O) groups is 1. The number of hydrogen-bond acceptors (Lipinski definition) is 7. The molecule has 1 N–H and O–H groups in total. The number of piperidine rings is 1. The second-order valence-electron chi connectivity index (χ2n) is 9.54. The molecule has 1 aromatic carbocycles. The summed E-state index contributed by atoms with van der Waals surface area (Å²) in [6, 6.07) is 8.63. The zero-order chi connectivity index (χ0) is 24.7. The van der Waals surface area contributed by atoms with Gasteiger partial charge in [-0.1, -0.05) is 11.6 Å². The fourth-order valence-electron chi connectivity index (χ4n) is 4.19. The van der Waals surface area contributed by atoms with Gasteiger partial charge < -0.3 is 19.0 Å². The highest BCUT2D eigenvalue weighted by atomic mass is 35.5. The third-order valence-corrected chi connectivity index (χ3v) is 6.10. The van der Waals surface area contributed by atoms with E-state index in [-0.39, 0.29) is 23.5 Å². The highest BCUT2D eigenvalue weighted by Crippen LogP contribution is 2.31. The molecular weight excluding hydrogens is 472 g/mol. The second kappa shape index (κ2) is 8.84. The van der Waals surface area contributed by atoms with Crippen LogP contribution in [0.1, 0.15) is 45.2 Å². The molecule has 35 heavy (non-hydrogen) atoms. The second-order valence-corrected chi connectivity index (χ2v) is 9.97. The minimum atomic E-state index is -0.541. The predicted molar refractivity (Wildman–Crippen MR) is 129 cm³/mol. The van der Waals surface area contributed by atoms with Crippen LogP contribution in [-0.4, -0.2) is 54.5 Å². The number of halogens is 1. The zero-order valence-electron chi connectivity index (χ0n) is 19.6. The van der Waals surface area contributed by atoms with E-state index in [4.69, 9.17) is 20.8 Å². The molecule has 11 heteroatoms. The van der Waals surface area contributed by atoms with E-state index in [1.54, 1.807) is 45.9 Å². The van der Waals surface area contributed by atoms with E-state index in [1.165, 1.54) is 0 Å². The fraction of sp³-hybridized carbons (Fsp3) is 0.375. The number of fused-ring (bicyclic) bond motifs is 1. The summed E-state index contributed by atoms with van der Waals surface area (Å²) in [5.41, 5.74) is 1.73. The maximum absolute atomic E-state index is 12.6. The lowest BCUT2D eigenvalue weighted by Gasteiger charge is -2.33. The number of nitrogens with zero attached hydrogens (tertiary/aromatic N) is 5. The molecule has 1 aliphatic rings. The Morgan fingerprint density at radius 3 is 2.51 bits per heavy atom. The van der Waals surface area contributed by atoms with Crippen molar-refractivity contribution in [3.8, 4) is 22.9 Å². The van der Waals surface area contributed by atoms with Crippen LogP contribution in [0.2, 0.25) is 5.02 Å². The van der Waals surface area contributed by atoms with Crippen molar-refractivity contribution >= 4 is 23.3 Å². The Hall–Kier alpha value is -3.66. The van der Waals surface area contributed by atoms with Gasteiger partial charge in [-0.3, -0.25) is 4.79 Å². The van der Waals surface area contributed by atoms with Crippen LogP contribution in [0, 0.1) is 0 Å². The number of H-pyrrole nitrogens is 1. The van der Waals surface area contributed by atoms with Gasteiger partial charge in [-0.05, 0) is 57.9 Å². The first-order chi connectivity index (χ1) is 16.7. The zero-order valence-corrected chi connectivity index (χ0v) is 20.4. The van der Waals surface area contributed by atoms with Crippen molar-refractivity contribution in [2.75, 3.05) is 13.1 Å². The van der Waals surface area contributed by atoms with Crippen LogP contribution < -0.4 is 5.56 Å². The molecule has 0 unspecified atom stereocenters. The van der Waals surface area contributed by atoms with Gasteiger partial charge in [0.1, 0.15) is 16.8 Å². The van der Waals surface area contributed by atoms with Gasteiger partial charge in [-0.15, -0.1) is 10.2 Å². The van der Waals surface area contributed by atoms with Crippen LogP contribution in [0.25, 0.3) is 28.6 Å². The molecule has 1 amide bonds. The van der Waals surface area contributed by atoms with Crippen LogP contribution in [0.5, 0.6) is 0 Å². The van der Waals surface area contributed by atoms with E-state index in [0.29, 0.717) is 48.1 Å². The Morgan fingerprint density at radius 1 is 1.14 bits per heavy atom. The topological polar surface area (TPSA) is 119 Å². The molecule has 0 spiro atoms. The molecule has 5 rings (SSSR count). The summed E-state index contributed by atoms with van der Waals surface area (Å²) in [4.78, 5) is 29.5. The number of benzene rings is 1. The van der Waals surface area contributed by atoms with Gasteiger partial charge in [0.05, 0.1) is 11.9 Å². The molecule has 0 radical (unpaired) electrons. The summed E-state index contributed by atoms with van der Waals surface area (Å²) in [5, 5.41) is 13.4. The number of rotatable bonds is 3. The van der Waals surface area contributed by atoms with E-state index in [2.05, 4.69) is 20.3 Å². The van der Waals surface area contributed by atoms with Crippen LogP contribution in [0.15, 0.2) is 45.7 Å². The number of ether oxygens (including phenoxy) is 1. The fourth-order valence-corrected chi connectivity index (χ4v) is 4.31. The van der Waals surface area contributed by atoms with Gasteiger partial charge >= 0.3 is 6.09 Å². The van der Waals surface area contributed by atoms with Crippen LogP contribution in [0.4, 0.5) is 4.79 Å². The highest BCUT2D eigenvalue weighted by molar-refractivity contribution is 6.30. The van der Waals surface area contributed by atoms with Crippen molar-refractivity contribution in [3.63, 3.8) is 0 Å². The van der Waals surface area contributed by atoms with Crippen molar-refractivity contribution in [2.24, 2.45) is 0 Å². The Morgan fingerprint density at radius 2 is 1.83 bits per heavy atom. The number of hydrogen-bond donors (Lipinski definition) is 1. The van der Waals surface area contributed by atoms with Crippen LogP contribution >= 0.6 is 11.6 Å². The monoisotopic (exact) mass is 496 g/mol. The van der Waals surface area contributed by atoms with Gasteiger partial charge in [0.15, 0.2) is 0 Å². The van der Waals surface area contributed by atoms with E-state index in [0.717, 1.165) is 11.3 Å². The smallest absolute Gasteiger partial charge is 0.410 e. The highest BCUT2D eigenvalue weighted by Gasteiger charge is 2.29. The lowest BCUT2D eigenvalue weighted by molar-refractivity contribution is 0.0203. The van der Waals surface area contributed by atoms with Crippen LogP contribution in [-0.2, 0) is 4.74 Å². The van der Waals surface area contributed by atoms with Crippen molar-refractivity contribution in [1.82, 2.24) is 29.7 Å². The molecule has 0 saturated carbocycles. The Labute approximate surface area is 205 Å². The van der Waals surface area contributed by atoms with Gasteiger partial charge in [-0.2, -0.15) is 5.10 Å². The molecule has 10 nitrogen and oxygen atoms in total. The van der Waals surface area contributed by atoms with E-state index in [1.807, 2.05) is 20.8 Å². The average Bonchev–Trinajstić information content (AvgIpc) is 3.45. The molecular formula is C24H25ClN6O4. The third kappa shape index (κ3) is 4.79. The number of amides is 1. The van der Waals surface area contributed by atoms with E-state index >= 15 is 0 Å². The SMILES string of the molecule is CC(C)(C)OC(=O)N1CCC(c2cc(=O)[nH]c3c(-c4nnc(-c5ccc(Cl)cc5)o4)cnn23)CC1. The summed E-state index contributed by atoms with van der Waals surface area (Å²) < 4.78 is 13.1. The lowest BCUT2D eigenvalue weighted by Crippen LogP contribution is -2.41. The number of aromatic amines is 1. The normalized spacial score (nSPS) is 15.0. The largest absolute Gasteiger partial charge is 0.444 e. The molecule has 0 atom stereocenters. The first-order valence-corrected chi connectivity index (χ1v) is 11.7. The predicted octanol–water partition coefficient (Wildman–Crippen LogP) is 4.51. The number of aromatic nitrogens is 5. The minimum Gasteiger partial charge on any atom is -0.444 e. The number of likely N-dealkylation sites (tertiary alicyclic amines) is 1. The molecule has 4 aromatic rings. The summed E-state index contributed by atoms with van der Waals surface area (Å²) in [6.07, 6.45) is 2.66. The van der Waals surface area contributed by atoms with Gasteiger partial charge in [0.25, 0.3) is 11.4 Å². The van der Waals surface area contributed by atoms with Gasteiger partial charge in [0, 0.05) is 35.7 Å². The maximum atomic E-state index is 12.6. The Kier molecular flexibility index (Phi) is 5.84. The molecule has 1 aliphatic heterocycles. The quantitative estimate of drug-likeness (QED) is 0.443. The summed E-state index contributed by atoms with van der Waals surface area (Å²) in [6.45, 7) is 6.62. The maximum Gasteiger partial charge on any atom is 0.410 e. The Bertz CT molecular complexity index is 1420. The van der Waals surface area contributed by atoms with E-state index < -0.39 is 5.60 Å². The molecule has 0 bridgehead atoms. The molecule has 0 aliphatic carbocycles. The van der Waals surface area contributed by atoms with Gasteiger partial charge in [-0.25, -0.2) is 9.31 Å². The van der Waals surface area contributed by atoms with Crippen molar-refractivity contribution in [1.29, 1.82) is 0 Å². The van der Waals surface area contributed by atoms with Crippen molar-refractivity contribution in [2.45, 2.75) is 45.1 Å². The standard InChI is InChI=1S/C24H25ClN6O4/c1-24(2,3)35-23(33)30-10-8-14(9-11-30)18-12-19(32)27-20-17(13-26-31(18)20)22-29-28-21(34-22)15-4-6-16(25)7-5-15/h4-7,12-14H,8-11H2,1-3H3,(H,27,32). The first-order valence-electron chi connectivity index (χ1n) is 11.4. The third-order valence-electron chi connectivity index (χ3n) is 5.85. The van der Waals surface area contributed by atoms with E-state index in [9.17, 15) is 9.59 Å². The van der Waals surface area contributed by atoms with Crippen molar-refractivity contribution < 1.29 is 13.9 Å². The molecule has 182 valence electrons. The summed E-state index contributed by atoms with van der Waals surface area (Å²) in [5.74, 6) is 0.639. The van der Waals surface area contributed by atoms with Crippen LogP contribution in [0.3, 0.4) is 0 Å². The molecule has 4 heterocycles. The summed E-state index contributed by atoms with van der Waals surface area (Å²) >= 11 is 5.96. The average molecular weight is 497 g/mol. The first kappa shape index (κ1) is 23.1. The lowest BCUT2D eigenvalue weighted by atomic mass is 9.93. The molecule has 1 saturated heterocycles. The molecule has 3 aromatic heterocycles. The Balaban J connectivity index is 1.40. The molecule has 1 fully saturated rings. The summed E-state index contributed by atoms with van der Waals surface area (Å²) in [7, 11) is 0. The number of nitrogens with one attached hydrogen (secondary N) is 1. The minimum absolute atomic E-state index is 0.0542. The van der Waals surface area contributed by atoms with Gasteiger partial charge in [0.2, 0.25) is 5.89 Å². The van der Waals surface area contributed by atoms with Crippen molar-refractivity contribution in [3.05, 3.63) is 57.6 Å². The number of carbonyl (C=O) groups excluding carboxylic acids is 1.